The first-order valence-corrected chi connectivity index (χ1v) is 4.93. The van der Waals surface area contributed by atoms with Crippen LogP contribution in [0.3, 0.4) is 0 Å². The zero-order chi connectivity index (χ0) is 9.52. The van der Waals surface area contributed by atoms with Gasteiger partial charge in [0.1, 0.15) is 12.7 Å². The van der Waals surface area contributed by atoms with Crippen LogP contribution >= 0.6 is 0 Å². The molecule has 13 heavy (non-hydrogen) atoms. The lowest BCUT2D eigenvalue weighted by Crippen LogP contribution is -2.25. The normalized spacial score (nSPS) is 13.1. The van der Waals surface area contributed by atoms with Crippen LogP contribution in [0.25, 0.3) is 0 Å². The van der Waals surface area contributed by atoms with Crippen LogP contribution < -0.4 is 5.32 Å². The largest absolute Gasteiger partial charge is 0.315 e. The van der Waals surface area contributed by atoms with E-state index in [2.05, 4.69) is 29.2 Å². The molecule has 1 heterocycles. The Morgan fingerprint density at radius 3 is 2.85 bits per heavy atom. The summed E-state index contributed by atoms with van der Waals surface area (Å²) in [4.78, 5) is 3.96. The van der Waals surface area contributed by atoms with E-state index in [-0.39, 0.29) is 0 Å². The van der Waals surface area contributed by atoms with Crippen LogP contribution in [0.1, 0.15) is 32.7 Å². The van der Waals surface area contributed by atoms with Gasteiger partial charge in [0.2, 0.25) is 0 Å². The van der Waals surface area contributed by atoms with E-state index in [1.165, 1.54) is 6.42 Å². The molecule has 1 aromatic rings. The molecule has 74 valence electrons. The van der Waals surface area contributed by atoms with Crippen molar-refractivity contribution < 1.29 is 0 Å². The third kappa shape index (κ3) is 3.14. The summed E-state index contributed by atoms with van der Waals surface area (Å²) in [6.07, 6.45) is 5.71. The second-order valence-corrected chi connectivity index (χ2v) is 3.13. The lowest BCUT2D eigenvalue weighted by molar-refractivity contribution is 0.398. The Balaban J connectivity index is 2.47. The van der Waals surface area contributed by atoms with E-state index in [0.717, 1.165) is 19.5 Å². The zero-order valence-electron chi connectivity index (χ0n) is 8.40. The van der Waals surface area contributed by atoms with E-state index in [1.807, 2.05) is 4.68 Å². The number of rotatable bonds is 6. The SMILES string of the molecule is CCCC(CNCC)n1cncn1. The van der Waals surface area contributed by atoms with Crippen LogP contribution in [0.4, 0.5) is 0 Å². The van der Waals surface area contributed by atoms with Gasteiger partial charge in [-0.25, -0.2) is 9.67 Å². The van der Waals surface area contributed by atoms with Crippen molar-refractivity contribution in [1.29, 1.82) is 0 Å². The summed E-state index contributed by atoms with van der Waals surface area (Å²) in [6.45, 7) is 6.29. The molecule has 4 heteroatoms. The summed E-state index contributed by atoms with van der Waals surface area (Å²) < 4.78 is 1.94. The Labute approximate surface area is 79.4 Å². The fourth-order valence-electron chi connectivity index (χ4n) is 1.38. The van der Waals surface area contributed by atoms with Crippen molar-refractivity contribution in [2.75, 3.05) is 13.1 Å². The van der Waals surface area contributed by atoms with E-state index in [4.69, 9.17) is 0 Å². The van der Waals surface area contributed by atoms with Gasteiger partial charge in [0.05, 0.1) is 6.04 Å². The Bertz CT molecular complexity index is 207. The number of hydrogen-bond acceptors (Lipinski definition) is 3. The Kier molecular flexibility index (Phi) is 4.46. The fraction of sp³-hybridized carbons (Fsp3) is 0.778. The van der Waals surface area contributed by atoms with E-state index < -0.39 is 0 Å². The first-order valence-electron chi connectivity index (χ1n) is 4.93. The lowest BCUT2D eigenvalue weighted by Gasteiger charge is -2.15. The van der Waals surface area contributed by atoms with Gasteiger partial charge in [-0.3, -0.25) is 0 Å². The molecule has 0 aromatic carbocycles. The monoisotopic (exact) mass is 182 g/mol. The summed E-state index contributed by atoms with van der Waals surface area (Å²) in [7, 11) is 0. The molecule has 0 fully saturated rings. The Morgan fingerprint density at radius 2 is 2.31 bits per heavy atom. The summed E-state index contributed by atoms with van der Waals surface area (Å²) >= 11 is 0. The van der Waals surface area contributed by atoms with Gasteiger partial charge in [0.25, 0.3) is 0 Å². The molecule has 0 radical (unpaired) electrons. The standard InChI is InChI=1S/C9H18N4/c1-3-5-9(6-10-4-2)13-8-11-7-12-13/h7-10H,3-6H2,1-2H3. The molecule has 1 rings (SSSR count). The molecular formula is C9H18N4. The molecule has 1 N–H and O–H groups in total. The lowest BCUT2D eigenvalue weighted by atomic mass is 10.2. The van der Waals surface area contributed by atoms with Crippen LogP contribution in [0.15, 0.2) is 12.7 Å². The van der Waals surface area contributed by atoms with Gasteiger partial charge in [-0.15, -0.1) is 0 Å². The second-order valence-electron chi connectivity index (χ2n) is 3.13. The van der Waals surface area contributed by atoms with E-state index in [1.54, 1.807) is 12.7 Å². The van der Waals surface area contributed by atoms with Crippen molar-refractivity contribution in [2.24, 2.45) is 0 Å². The number of nitrogens with one attached hydrogen (secondary N) is 1. The minimum absolute atomic E-state index is 0.451. The average Bonchev–Trinajstić information content (AvgIpc) is 2.65. The highest BCUT2D eigenvalue weighted by Gasteiger charge is 2.08. The van der Waals surface area contributed by atoms with Crippen molar-refractivity contribution in [3.63, 3.8) is 0 Å². The van der Waals surface area contributed by atoms with Gasteiger partial charge in [-0.2, -0.15) is 5.10 Å². The molecule has 0 amide bonds. The highest BCUT2D eigenvalue weighted by molar-refractivity contribution is 4.70. The van der Waals surface area contributed by atoms with Crippen molar-refractivity contribution in [1.82, 2.24) is 20.1 Å². The third-order valence-electron chi connectivity index (χ3n) is 2.06. The zero-order valence-corrected chi connectivity index (χ0v) is 8.40. The van der Waals surface area contributed by atoms with E-state index in [0.29, 0.717) is 6.04 Å². The molecular weight excluding hydrogens is 164 g/mol. The highest BCUT2D eigenvalue weighted by Crippen LogP contribution is 2.09. The van der Waals surface area contributed by atoms with Gasteiger partial charge in [0.15, 0.2) is 0 Å². The molecule has 1 unspecified atom stereocenters. The Morgan fingerprint density at radius 1 is 1.46 bits per heavy atom. The molecule has 1 atom stereocenters. The first-order chi connectivity index (χ1) is 6.38. The minimum Gasteiger partial charge on any atom is -0.315 e. The van der Waals surface area contributed by atoms with Crippen LogP contribution in [0.2, 0.25) is 0 Å². The smallest absolute Gasteiger partial charge is 0.137 e. The molecule has 4 nitrogen and oxygen atoms in total. The van der Waals surface area contributed by atoms with Crippen LogP contribution in [-0.2, 0) is 0 Å². The van der Waals surface area contributed by atoms with Crippen molar-refractivity contribution >= 4 is 0 Å². The van der Waals surface area contributed by atoms with Gasteiger partial charge in [0, 0.05) is 6.54 Å². The molecule has 1 aromatic heterocycles. The number of aromatic nitrogens is 3. The maximum atomic E-state index is 4.15. The molecule has 0 aliphatic heterocycles. The van der Waals surface area contributed by atoms with Crippen LogP contribution in [0, 0.1) is 0 Å². The molecule has 0 bridgehead atoms. The molecule has 0 saturated heterocycles. The summed E-state index contributed by atoms with van der Waals surface area (Å²) in [5.41, 5.74) is 0. The van der Waals surface area contributed by atoms with Crippen molar-refractivity contribution in [3.8, 4) is 0 Å². The van der Waals surface area contributed by atoms with Crippen LogP contribution in [0.5, 0.6) is 0 Å². The first kappa shape index (κ1) is 10.2. The predicted molar refractivity (Wildman–Crippen MR) is 52.5 cm³/mol. The van der Waals surface area contributed by atoms with Crippen molar-refractivity contribution in [3.05, 3.63) is 12.7 Å². The fourth-order valence-corrected chi connectivity index (χ4v) is 1.38. The maximum Gasteiger partial charge on any atom is 0.137 e. The second kappa shape index (κ2) is 5.70. The van der Waals surface area contributed by atoms with Gasteiger partial charge >= 0.3 is 0 Å². The third-order valence-corrected chi connectivity index (χ3v) is 2.06. The summed E-state index contributed by atoms with van der Waals surface area (Å²) in [5.74, 6) is 0. The number of likely N-dealkylation sites (N-methyl/N-ethyl adjacent to an activating group) is 1. The predicted octanol–water partition coefficient (Wildman–Crippen LogP) is 1.23. The molecule has 0 spiro atoms. The number of hydrogen-bond donors (Lipinski definition) is 1. The average molecular weight is 182 g/mol. The molecule has 0 aliphatic carbocycles. The maximum absolute atomic E-state index is 4.15. The van der Waals surface area contributed by atoms with Gasteiger partial charge < -0.3 is 5.32 Å². The topological polar surface area (TPSA) is 42.7 Å². The van der Waals surface area contributed by atoms with Crippen LogP contribution in [-0.4, -0.2) is 27.9 Å². The van der Waals surface area contributed by atoms with Gasteiger partial charge in [-0.05, 0) is 13.0 Å². The molecule has 0 saturated carbocycles. The van der Waals surface area contributed by atoms with Gasteiger partial charge in [-0.1, -0.05) is 20.3 Å². The number of nitrogens with zero attached hydrogens (tertiary/aromatic N) is 3. The minimum atomic E-state index is 0.451. The quantitative estimate of drug-likeness (QED) is 0.719. The molecule has 0 aliphatic rings. The highest BCUT2D eigenvalue weighted by atomic mass is 15.3. The summed E-state index contributed by atoms with van der Waals surface area (Å²) in [5, 5.41) is 7.49. The van der Waals surface area contributed by atoms with E-state index in [9.17, 15) is 0 Å². The van der Waals surface area contributed by atoms with E-state index >= 15 is 0 Å². The Hall–Kier alpha value is -0.900. The van der Waals surface area contributed by atoms with Crippen molar-refractivity contribution in [2.45, 2.75) is 32.7 Å². The summed E-state index contributed by atoms with van der Waals surface area (Å²) in [6, 6.07) is 0.451.